The highest BCUT2D eigenvalue weighted by atomic mass is 16.4. The summed E-state index contributed by atoms with van der Waals surface area (Å²) in [7, 11) is 0. The van der Waals surface area contributed by atoms with Gasteiger partial charge in [-0.2, -0.15) is 0 Å². The molecule has 1 saturated carbocycles. The molecule has 2 aromatic rings. The Labute approximate surface area is 186 Å². The average Bonchev–Trinajstić information content (AvgIpc) is 3.15. The monoisotopic (exact) mass is 434 g/mol. The molecule has 2 aromatic carbocycles. The minimum absolute atomic E-state index is 0.0170. The Morgan fingerprint density at radius 2 is 2.00 bits per heavy atom. The molecule has 0 radical (unpaired) electrons. The van der Waals surface area contributed by atoms with Gasteiger partial charge in [-0.3, -0.25) is 19.9 Å². The standard InChI is InChI=1S/C24H26N4O4/c1-14-9-10-18(11-15(14)2)28-13-25-22(23(28)30)27-26-20-8-4-7-19(21(20)29)16-5-3-6-17(12-16)24(31)32/h4,7-11,13,16-17,26,29H,3,5-6,12H2,1-2H3,(H,31,32). The predicted molar refractivity (Wildman–Crippen MR) is 123 cm³/mol. The number of nitrogens with zero attached hydrogens (tertiary/aromatic N) is 3. The van der Waals surface area contributed by atoms with E-state index < -0.39 is 11.9 Å². The third-order valence-electron chi connectivity index (χ3n) is 6.29. The van der Waals surface area contributed by atoms with E-state index in [-0.39, 0.29) is 23.4 Å². The third kappa shape index (κ3) is 4.21. The molecular weight excluding hydrogens is 408 g/mol. The quantitative estimate of drug-likeness (QED) is 0.483. The second kappa shape index (κ2) is 8.82. The van der Waals surface area contributed by atoms with Gasteiger partial charge >= 0.3 is 11.9 Å². The van der Waals surface area contributed by atoms with Gasteiger partial charge in [-0.05, 0) is 73.9 Å². The van der Waals surface area contributed by atoms with Crippen molar-refractivity contribution in [1.29, 1.82) is 0 Å². The minimum atomic E-state index is -0.791. The first-order valence-electron chi connectivity index (χ1n) is 10.7. The van der Waals surface area contributed by atoms with E-state index in [9.17, 15) is 19.8 Å². The Morgan fingerprint density at radius 3 is 2.75 bits per heavy atom. The highest BCUT2D eigenvalue weighted by molar-refractivity contribution is 6.51. The fraction of sp³-hybridized carbons (Fsp3) is 0.333. The van der Waals surface area contributed by atoms with Crippen LogP contribution in [0.4, 0.5) is 11.4 Å². The van der Waals surface area contributed by atoms with Crippen LogP contribution < -0.4 is 10.3 Å². The SMILES string of the molecule is Cc1ccc(N2C=NC(=NNc3cccc(C4CCCC(C(=O)O)C4)c3O)C2=O)cc1C. The van der Waals surface area contributed by atoms with Crippen LogP contribution in [0, 0.1) is 19.8 Å². The number of nitrogens with one attached hydrogen (secondary N) is 1. The highest BCUT2D eigenvalue weighted by Gasteiger charge is 2.30. The number of amidine groups is 1. The number of aromatic hydroxyl groups is 1. The van der Waals surface area contributed by atoms with Gasteiger partial charge in [-0.15, -0.1) is 5.10 Å². The van der Waals surface area contributed by atoms with Gasteiger partial charge in [0.15, 0.2) is 0 Å². The van der Waals surface area contributed by atoms with E-state index >= 15 is 0 Å². The molecule has 2 aliphatic rings. The fourth-order valence-electron chi connectivity index (χ4n) is 4.25. The van der Waals surface area contributed by atoms with E-state index in [0.29, 0.717) is 29.8 Å². The molecule has 1 fully saturated rings. The van der Waals surface area contributed by atoms with Gasteiger partial charge in [0, 0.05) is 0 Å². The predicted octanol–water partition coefficient (Wildman–Crippen LogP) is 4.17. The van der Waals surface area contributed by atoms with Crippen molar-refractivity contribution in [3.63, 3.8) is 0 Å². The van der Waals surface area contributed by atoms with Crippen molar-refractivity contribution in [3.8, 4) is 5.75 Å². The molecular formula is C24H26N4O4. The zero-order valence-electron chi connectivity index (χ0n) is 18.1. The van der Waals surface area contributed by atoms with Crippen LogP contribution in [0.2, 0.25) is 0 Å². The summed E-state index contributed by atoms with van der Waals surface area (Å²) in [5, 5.41) is 24.2. The summed E-state index contributed by atoms with van der Waals surface area (Å²) in [6.45, 7) is 3.99. The maximum atomic E-state index is 12.7. The number of carboxylic acid groups (broad SMARTS) is 1. The summed E-state index contributed by atoms with van der Waals surface area (Å²) in [5.74, 6) is -1.59. The molecule has 166 valence electrons. The number of rotatable bonds is 5. The molecule has 1 aliphatic carbocycles. The highest BCUT2D eigenvalue weighted by Crippen LogP contribution is 2.42. The van der Waals surface area contributed by atoms with Crippen LogP contribution in [0.3, 0.4) is 0 Å². The summed E-state index contributed by atoms with van der Waals surface area (Å²) in [5.41, 5.74) is 6.71. The van der Waals surface area contributed by atoms with E-state index in [2.05, 4.69) is 15.5 Å². The van der Waals surface area contributed by atoms with E-state index in [1.54, 1.807) is 12.1 Å². The van der Waals surface area contributed by atoms with Gasteiger partial charge in [0.1, 0.15) is 12.1 Å². The van der Waals surface area contributed by atoms with Gasteiger partial charge in [0.2, 0.25) is 5.84 Å². The van der Waals surface area contributed by atoms with Crippen molar-refractivity contribution in [2.45, 2.75) is 45.4 Å². The van der Waals surface area contributed by atoms with Gasteiger partial charge in [0.25, 0.3) is 0 Å². The van der Waals surface area contributed by atoms with Crippen molar-refractivity contribution in [3.05, 3.63) is 53.1 Å². The summed E-state index contributed by atoms with van der Waals surface area (Å²) in [6.07, 6.45) is 4.21. The average molecular weight is 434 g/mol. The van der Waals surface area contributed by atoms with Crippen molar-refractivity contribution < 1.29 is 19.8 Å². The second-order valence-electron chi connectivity index (χ2n) is 8.38. The Bertz CT molecular complexity index is 1120. The summed E-state index contributed by atoms with van der Waals surface area (Å²) >= 11 is 0. The topological polar surface area (TPSA) is 115 Å². The number of carbonyl (C=O) groups is 2. The lowest BCUT2D eigenvalue weighted by Crippen LogP contribution is -2.28. The molecule has 0 aromatic heterocycles. The number of hydrogen-bond acceptors (Lipinski definition) is 5. The summed E-state index contributed by atoms with van der Waals surface area (Å²) < 4.78 is 0. The Hall–Kier alpha value is -3.68. The molecule has 8 heteroatoms. The lowest BCUT2D eigenvalue weighted by molar-refractivity contribution is -0.143. The van der Waals surface area contributed by atoms with Gasteiger partial charge in [0.05, 0.1) is 17.3 Å². The van der Waals surface area contributed by atoms with E-state index in [0.717, 1.165) is 24.0 Å². The lowest BCUT2D eigenvalue weighted by Gasteiger charge is -2.27. The molecule has 1 aliphatic heterocycles. The lowest BCUT2D eigenvalue weighted by atomic mass is 9.77. The van der Waals surface area contributed by atoms with Crippen molar-refractivity contribution in [2.24, 2.45) is 16.0 Å². The van der Waals surface area contributed by atoms with Gasteiger partial charge in [-0.25, -0.2) is 4.99 Å². The fourth-order valence-corrected chi connectivity index (χ4v) is 4.25. The molecule has 32 heavy (non-hydrogen) atoms. The summed E-state index contributed by atoms with van der Waals surface area (Å²) in [6, 6.07) is 11.0. The number of anilines is 2. The molecule has 4 rings (SSSR count). The van der Waals surface area contributed by atoms with Crippen LogP contribution in [0.25, 0.3) is 0 Å². The Balaban J connectivity index is 1.50. The number of para-hydroxylation sites is 1. The van der Waals surface area contributed by atoms with E-state index in [1.807, 2.05) is 38.1 Å². The number of hydrogen-bond donors (Lipinski definition) is 3. The smallest absolute Gasteiger partial charge is 0.306 e. The van der Waals surface area contributed by atoms with Gasteiger partial charge < -0.3 is 10.2 Å². The number of benzene rings is 2. The third-order valence-corrected chi connectivity index (χ3v) is 6.29. The molecule has 1 heterocycles. The molecule has 2 unspecified atom stereocenters. The van der Waals surface area contributed by atoms with Crippen molar-refractivity contribution >= 4 is 35.4 Å². The number of carbonyl (C=O) groups excluding carboxylic acids is 1. The number of carboxylic acids is 1. The maximum absolute atomic E-state index is 12.7. The molecule has 0 saturated heterocycles. The number of amides is 1. The van der Waals surface area contributed by atoms with E-state index in [4.69, 9.17) is 0 Å². The Morgan fingerprint density at radius 1 is 1.19 bits per heavy atom. The van der Waals surface area contributed by atoms with Crippen LogP contribution in [0.5, 0.6) is 5.75 Å². The van der Waals surface area contributed by atoms with E-state index in [1.165, 1.54) is 11.2 Å². The number of phenols is 1. The van der Waals surface area contributed by atoms with Crippen molar-refractivity contribution in [1.82, 2.24) is 0 Å². The largest absolute Gasteiger partial charge is 0.505 e. The van der Waals surface area contributed by atoms with Crippen LogP contribution in [-0.4, -0.2) is 34.3 Å². The maximum Gasteiger partial charge on any atom is 0.306 e. The van der Waals surface area contributed by atoms with Crippen LogP contribution in [0.1, 0.15) is 48.3 Å². The number of aryl methyl sites for hydroxylation is 2. The first-order valence-corrected chi connectivity index (χ1v) is 10.7. The number of phenolic OH excluding ortho intramolecular Hbond substituents is 1. The zero-order valence-corrected chi connectivity index (χ0v) is 18.1. The molecule has 2 atom stereocenters. The molecule has 3 N–H and O–H groups in total. The normalized spacial score (nSPS) is 21.9. The minimum Gasteiger partial charge on any atom is -0.505 e. The number of hydrazone groups is 1. The first-order chi connectivity index (χ1) is 15.3. The second-order valence-corrected chi connectivity index (χ2v) is 8.38. The van der Waals surface area contributed by atoms with Crippen LogP contribution in [0.15, 0.2) is 46.5 Å². The van der Waals surface area contributed by atoms with Gasteiger partial charge in [-0.1, -0.05) is 24.6 Å². The van der Waals surface area contributed by atoms with Crippen molar-refractivity contribution in [2.75, 3.05) is 10.3 Å². The molecule has 1 amide bonds. The van der Waals surface area contributed by atoms with Crippen LogP contribution in [-0.2, 0) is 9.59 Å². The van der Waals surface area contributed by atoms with Crippen LogP contribution >= 0.6 is 0 Å². The molecule has 8 nitrogen and oxygen atoms in total. The Kier molecular flexibility index (Phi) is 5.94. The summed E-state index contributed by atoms with van der Waals surface area (Å²) in [4.78, 5) is 29.7. The first kappa shape index (κ1) is 21.5. The molecule has 0 spiro atoms. The molecule has 0 bridgehead atoms. The zero-order chi connectivity index (χ0) is 22.8. The number of aliphatic carboxylic acids is 1. The number of aliphatic imine (C=N–C) groups is 1.